The number of esters is 1. The first kappa shape index (κ1) is 19.3. The van der Waals surface area contributed by atoms with Gasteiger partial charge in [0, 0.05) is 41.0 Å². The Morgan fingerprint density at radius 3 is 2.63 bits per heavy atom. The van der Waals surface area contributed by atoms with Gasteiger partial charge in [-0.3, -0.25) is 0 Å². The average molecular weight is 462 g/mol. The van der Waals surface area contributed by atoms with E-state index in [2.05, 4.69) is 11.0 Å². The number of fused-ring (bicyclic) bond motifs is 9. The molecule has 0 radical (unpaired) electrons. The van der Waals surface area contributed by atoms with Gasteiger partial charge in [0.05, 0.1) is 10.9 Å². The average Bonchev–Trinajstić information content (AvgIpc) is 3.18. The summed E-state index contributed by atoms with van der Waals surface area (Å²) < 4.78 is 13.2. The second-order valence-corrected chi connectivity index (χ2v) is 9.97. The molecule has 35 heavy (non-hydrogen) atoms. The van der Waals surface area contributed by atoms with Gasteiger partial charge in [-0.1, -0.05) is 36.4 Å². The quantitative estimate of drug-likeness (QED) is 0.335. The molecule has 0 fully saturated rings. The van der Waals surface area contributed by atoms with Crippen LogP contribution in [0.1, 0.15) is 51.0 Å². The van der Waals surface area contributed by atoms with Crippen LogP contribution in [0.15, 0.2) is 60.7 Å². The second-order valence-electron chi connectivity index (χ2n) is 9.97. The maximum Gasteiger partial charge on any atom is 0.340 e. The Morgan fingerprint density at radius 1 is 0.857 bits per heavy atom. The van der Waals surface area contributed by atoms with E-state index in [1.807, 2.05) is 48.5 Å². The van der Waals surface area contributed by atoms with Crippen LogP contribution in [0.2, 0.25) is 0 Å². The predicted octanol–water partition coefficient (Wildman–Crippen LogP) is 5.81. The van der Waals surface area contributed by atoms with Crippen LogP contribution in [0.25, 0.3) is 10.8 Å². The molecule has 0 aromatic heterocycles. The fourth-order valence-electron chi connectivity index (χ4n) is 6.78. The molecular weight excluding hydrogens is 438 g/mol. The van der Waals surface area contributed by atoms with Crippen LogP contribution in [-0.2, 0) is 23.2 Å². The zero-order chi connectivity index (χ0) is 23.3. The van der Waals surface area contributed by atoms with Crippen molar-refractivity contribution in [2.75, 3.05) is 18.0 Å². The minimum atomic E-state index is -1.11. The van der Waals surface area contributed by atoms with Crippen molar-refractivity contribution in [2.45, 2.75) is 31.3 Å². The number of ether oxygens (including phenoxy) is 2. The van der Waals surface area contributed by atoms with Gasteiger partial charge in [0.2, 0.25) is 0 Å². The largest absolute Gasteiger partial charge is 0.507 e. The van der Waals surface area contributed by atoms with Crippen molar-refractivity contribution in [3.8, 4) is 17.2 Å². The summed E-state index contributed by atoms with van der Waals surface area (Å²) in [6, 6.07) is 19.3. The van der Waals surface area contributed by atoms with E-state index in [4.69, 9.17) is 9.47 Å². The monoisotopic (exact) mass is 461 g/mol. The summed E-state index contributed by atoms with van der Waals surface area (Å²) in [5.41, 5.74) is 5.75. The summed E-state index contributed by atoms with van der Waals surface area (Å²) in [5, 5.41) is 12.5. The first-order chi connectivity index (χ1) is 17.2. The molecule has 4 aliphatic heterocycles. The zero-order valence-electron chi connectivity index (χ0n) is 19.1. The SMILES string of the molecule is O=C1OC2(c3ccccc31)c1cc3c4c(c1Oc1c2ccc2cccc(O)c12)CCCN4CCC3. The summed E-state index contributed by atoms with van der Waals surface area (Å²) in [6.07, 6.45) is 4.09. The minimum Gasteiger partial charge on any atom is -0.507 e. The molecule has 0 bridgehead atoms. The normalized spacial score (nSPS) is 21.1. The number of carbonyl (C=O) groups is 1. The van der Waals surface area contributed by atoms with Crippen LogP contribution < -0.4 is 9.64 Å². The molecule has 4 aromatic rings. The first-order valence-corrected chi connectivity index (χ1v) is 12.4. The summed E-state index contributed by atoms with van der Waals surface area (Å²) in [6.45, 7) is 2.12. The lowest BCUT2D eigenvalue weighted by Gasteiger charge is -2.43. The van der Waals surface area contributed by atoms with Crippen molar-refractivity contribution in [1.29, 1.82) is 0 Å². The Morgan fingerprint density at radius 2 is 1.71 bits per heavy atom. The first-order valence-electron chi connectivity index (χ1n) is 12.4. The Bertz CT molecular complexity index is 1600. The number of hydrogen-bond acceptors (Lipinski definition) is 5. The van der Waals surface area contributed by atoms with Crippen LogP contribution in [0.3, 0.4) is 0 Å². The number of anilines is 1. The van der Waals surface area contributed by atoms with E-state index in [0.29, 0.717) is 16.7 Å². The molecule has 1 atom stereocenters. The molecule has 5 nitrogen and oxygen atoms in total. The molecule has 4 aliphatic rings. The lowest BCUT2D eigenvalue weighted by Crippen LogP contribution is -2.38. The number of aromatic hydroxyl groups is 1. The third-order valence-electron chi connectivity index (χ3n) is 8.18. The summed E-state index contributed by atoms with van der Waals surface area (Å²) in [4.78, 5) is 15.8. The van der Waals surface area contributed by atoms with E-state index in [9.17, 15) is 9.90 Å². The van der Waals surface area contributed by atoms with Crippen molar-refractivity contribution in [3.63, 3.8) is 0 Å². The van der Waals surface area contributed by atoms with Crippen LogP contribution in [-0.4, -0.2) is 24.2 Å². The minimum absolute atomic E-state index is 0.156. The van der Waals surface area contributed by atoms with Gasteiger partial charge in [0.25, 0.3) is 0 Å². The molecule has 0 amide bonds. The molecule has 4 heterocycles. The third-order valence-corrected chi connectivity index (χ3v) is 8.18. The Hall–Kier alpha value is -3.99. The van der Waals surface area contributed by atoms with Gasteiger partial charge in [-0.05, 0) is 60.9 Å². The molecule has 8 rings (SSSR count). The van der Waals surface area contributed by atoms with Gasteiger partial charge in [0.15, 0.2) is 5.60 Å². The smallest absolute Gasteiger partial charge is 0.340 e. The summed E-state index contributed by atoms with van der Waals surface area (Å²) >= 11 is 0. The molecule has 0 saturated heterocycles. The Balaban J connectivity index is 1.54. The zero-order valence-corrected chi connectivity index (χ0v) is 19.1. The molecule has 0 saturated carbocycles. The number of aryl methyl sites for hydroxylation is 1. The van der Waals surface area contributed by atoms with Gasteiger partial charge >= 0.3 is 5.97 Å². The summed E-state index contributed by atoms with van der Waals surface area (Å²) in [7, 11) is 0. The number of benzene rings is 4. The lowest BCUT2D eigenvalue weighted by molar-refractivity contribution is 0.0224. The number of carbonyl (C=O) groups excluding carboxylic acids is 1. The molecule has 4 aromatic carbocycles. The van der Waals surface area contributed by atoms with Crippen LogP contribution in [0.4, 0.5) is 5.69 Å². The number of hydrogen-bond donors (Lipinski definition) is 1. The van der Waals surface area contributed by atoms with Gasteiger partial charge in [0.1, 0.15) is 17.2 Å². The highest BCUT2D eigenvalue weighted by molar-refractivity contribution is 6.00. The molecule has 5 heteroatoms. The fourth-order valence-corrected chi connectivity index (χ4v) is 6.78. The Labute approximate surface area is 202 Å². The van der Waals surface area contributed by atoms with Crippen LogP contribution >= 0.6 is 0 Å². The van der Waals surface area contributed by atoms with Crippen LogP contribution in [0.5, 0.6) is 17.2 Å². The topological polar surface area (TPSA) is 59.0 Å². The van der Waals surface area contributed by atoms with Gasteiger partial charge in [-0.15, -0.1) is 0 Å². The van der Waals surface area contributed by atoms with Gasteiger partial charge < -0.3 is 19.5 Å². The number of rotatable bonds is 0. The van der Waals surface area contributed by atoms with Crippen molar-refractivity contribution in [1.82, 2.24) is 0 Å². The van der Waals surface area contributed by atoms with Crippen molar-refractivity contribution in [3.05, 3.63) is 94.0 Å². The fraction of sp³-hybridized carbons (Fsp3) is 0.233. The highest BCUT2D eigenvalue weighted by atomic mass is 16.6. The molecule has 1 unspecified atom stereocenters. The van der Waals surface area contributed by atoms with Gasteiger partial charge in [-0.25, -0.2) is 4.79 Å². The molecule has 1 N–H and O–H groups in total. The lowest BCUT2D eigenvalue weighted by atomic mass is 9.74. The van der Waals surface area contributed by atoms with E-state index >= 15 is 0 Å². The van der Waals surface area contributed by atoms with E-state index in [0.717, 1.165) is 66.6 Å². The van der Waals surface area contributed by atoms with Crippen LogP contribution in [0, 0.1) is 0 Å². The third kappa shape index (κ3) is 2.31. The number of phenols is 1. The van der Waals surface area contributed by atoms with Crippen molar-refractivity contribution >= 4 is 22.4 Å². The van der Waals surface area contributed by atoms with E-state index < -0.39 is 5.60 Å². The van der Waals surface area contributed by atoms with Crippen molar-refractivity contribution < 1.29 is 19.4 Å². The molecular formula is C30H23NO4. The number of phenolic OH excluding ortho intramolecular Hbond substituents is 1. The molecule has 172 valence electrons. The Kier molecular flexibility index (Phi) is 3.63. The molecule has 1 spiro atoms. The predicted molar refractivity (Wildman–Crippen MR) is 133 cm³/mol. The maximum absolute atomic E-state index is 13.3. The summed E-state index contributed by atoms with van der Waals surface area (Å²) in [5.74, 6) is 1.18. The van der Waals surface area contributed by atoms with E-state index in [-0.39, 0.29) is 11.7 Å². The standard InChI is InChI=1S/C30H23NO4/c32-24-11-3-6-17-12-13-22-28(25(17)24)34-27-20-9-5-15-31-14-4-7-18(26(20)31)16-23(27)30(22)21-10-2-1-8-19(21)29(33)35-30/h1-3,6,8,10-13,16,32H,4-5,7,9,14-15H2. The second kappa shape index (κ2) is 6.57. The van der Waals surface area contributed by atoms with E-state index in [1.54, 1.807) is 6.07 Å². The maximum atomic E-state index is 13.3. The highest BCUT2D eigenvalue weighted by Crippen LogP contribution is 2.61. The highest BCUT2D eigenvalue weighted by Gasteiger charge is 2.55. The van der Waals surface area contributed by atoms with Crippen molar-refractivity contribution in [2.24, 2.45) is 0 Å². The van der Waals surface area contributed by atoms with Gasteiger partial charge in [-0.2, -0.15) is 0 Å². The molecule has 0 aliphatic carbocycles. The number of nitrogens with zero attached hydrogens (tertiary/aromatic N) is 1. The van der Waals surface area contributed by atoms with E-state index in [1.165, 1.54) is 16.8 Å².